The van der Waals surface area contributed by atoms with Gasteiger partial charge in [-0.2, -0.15) is 0 Å². The van der Waals surface area contributed by atoms with Gasteiger partial charge in [-0.25, -0.2) is 4.79 Å². The summed E-state index contributed by atoms with van der Waals surface area (Å²) in [6.45, 7) is 8.51. The molecule has 0 aromatic heterocycles. The van der Waals surface area contributed by atoms with Crippen molar-refractivity contribution < 1.29 is 14.3 Å². The number of urea groups is 1. The highest BCUT2D eigenvalue weighted by molar-refractivity contribution is 5.84. The molecule has 2 aromatic carbocycles. The van der Waals surface area contributed by atoms with Gasteiger partial charge in [0, 0.05) is 18.8 Å². The van der Waals surface area contributed by atoms with Crippen LogP contribution in [0.25, 0.3) is 0 Å². The lowest BCUT2D eigenvalue weighted by molar-refractivity contribution is -0.129. The number of amides is 2. The molecule has 0 unspecified atom stereocenters. The van der Waals surface area contributed by atoms with Crippen LogP contribution >= 0.6 is 0 Å². The van der Waals surface area contributed by atoms with Crippen molar-refractivity contribution in [3.05, 3.63) is 77.0 Å². The topological polar surface area (TPSA) is 58.6 Å². The lowest BCUT2D eigenvalue weighted by atomic mass is 10.0. The molecule has 1 aliphatic heterocycles. The summed E-state index contributed by atoms with van der Waals surface area (Å²) in [5, 5.41) is 3.09. The Bertz CT molecular complexity index is 959. The van der Waals surface area contributed by atoms with E-state index in [2.05, 4.69) is 42.6 Å². The minimum absolute atomic E-state index is 0.00210. The largest absolute Gasteiger partial charge is 0.480 e. The van der Waals surface area contributed by atoms with Crippen molar-refractivity contribution in [2.24, 2.45) is 0 Å². The van der Waals surface area contributed by atoms with Crippen LogP contribution in [0.15, 0.2) is 60.3 Å². The maximum absolute atomic E-state index is 12.7. The Morgan fingerprint density at radius 2 is 1.69 bits per heavy atom. The van der Waals surface area contributed by atoms with Gasteiger partial charge in [-0.05, 0) is 76.6 Å². The molecule has 170 valence electrons. The first-order valence-electron chi connectivity index (χ1n) is 11.3. The highest BCUT2D eigenvalue weighted by Crippen LogP contribution is 2.21. The third-order valence-corrected chi connectivity index (χ3v) is 5.89. The van der Waals surface area contributed by atoms with Gasteiger partial charge in [-0.15, -0.1) is 0 Å². The molecule has 1 aliphatic rings. The summed E-state index contributed by atoms with van der Waals surface area (Å²) in [6, 6.07) is 16.2. The Hall–Kier alpha value is -3.08. The zero-order valence-corrected chi connectivity index (χ0v) is 19.6. The quantitative estimate of drug-likeness (QED) is 0.562. The lowest BCUT2D eigenvalue weighted by Gasteiger charge is -2.23. The summed E-state index contributed by atoms with van der Waals surface area (Å²) >= 11 is 0. The molecule has 0 spiro atoms. The molecule has 3 rings (SSSR count). The molecule has 0 saturated heterocycles. The minimum Gasteiger partial charge on any atom is -0.480 e. The summed E-state index contributed by atoms with van der Waals surface area (Å²) in [6.07, 6.45) is 5.70. The predicted molar refractivity (Wildman–Crippen MR) is 128 cm³/mol. The fourth-order valence-electron chi connectivity index (χ4n) is 3.57. The Morgan fingerprint density at radius 3 is 2.34 bits per heavy atom. The van der Waals surface area contributed by atoms with Crippen LogP contribution in [0.2, 0.25) is 0 Å². The van der Waals surface area contributed by atoms with E-state index < -0.39 is 5.60 Å². The van der Waals surface area contributed by atoms with Crippen molar-refractivity contribution in [3.63, 3.8) is 0 Å². The molecule has 1 heterocycles. The van der Waals surface area contributed by atoms with E-state index in [4.69, 9.17) is 4.74 Å². The summed E-state index contributed by atoms with van der Waals surface area (Å²) in [7, 11) is 0. The fraction of sp³-hybridized carbons (Fsp3) is 0.407. The molecule has 2 amide bonds. The van der Waals surface area contributed by atoms with Gasteiger partial charge in [-0.3, -0.25) is 4.79 Å². The number of aryl methyl sites for hydroxylation is 2. The van der Waals surface area contributed by atoms with E-state index in [-0.39, 0.29) is 11.8 Å². The first-order valence-corrected chi connectivity index (χ1v) is 11.3. The van der Waals surface area contributed by atoms with E-state index in [9.17, 15) is 9.59 Å². The highest BCUT2D eigenvalue weighted by Gasteiger charge is 2.25. The number of Topliss-reactive ketones (excluding diaryl/α,β-unsaturated/α-hetero) is 1. The van der Waals surface area contributed by atoms with E-state index in [0.717, 1.165) is 43.5 Å². The van der Waals surface area contributed by atoms with Crippen LogP contribution in [0.4, 0.5) is 4.79 Å². The van der Waals surface area contributed by atoms with Crippen LogP contribution in [0, 0.1) is 6.92 Å². The van der Waals surface area contributed by atoms with Crippen molar-refractivity contribution in [1.82, 2.24) is 10.2 Å². The zero-order valence-electron chi connectivity index (χ0n) is 19.6. The maximum Gasteiger partial charge on any atom is 0.321 e. The second-order valence-corrected chi connectivity index (χ2v) is 9.02. The van der Waals surface area contributed by atoms with Gasteiger partial charge in [0.15, 0.2) is 11.4 Å². The van der Waals surface area contributed by atoms with Gasteiger partial charge >= 0.3 is 6.03 Å². The van der Waals surface area contributed by atoms with Crippen molar-refractivity contribution in [1.29, 1.82) is 0 Å². The van der Waals surface area contributed by atoms with E-state index in [1.807, 2.05) is 29.2 Å². The summed E-state index contributed by atoms with van der Waals surface area (Å²) in [5.41, 5.74) is 3.76. The predicted octanol–water partition coefficient (Wildman–Crippen LogP) is 5.56. The molecule has 0 aliphatic carbocycles. The zero-order chi connectivity index (χ0) is 23.1. The molecule has 1 N–H and O–H groups in total. The van der Waals surface area contributed by atoms with Gasteiger partial charge in [0.2, 0.25) is 0 Å². The third kappa shape index (κ3) is 6.71. The number of allylic oxidation sites excluding steroid dienone is 1. The lowest BCUT2D eigenvalue weighted by Crippen LogP contribution is -2.37. The summed E-state index contributed by atoms with van der Waals surface area (Å²) in [5.74, 6) is 0.694. The van der Waals surface area contributed by atoms with Crippen LogP contribution in [-0.4, -0.2) is 28.9 Å². The number of carbonyl (C=O) groups is 2. The second kappa shape index (κ2) is 10.5. The SMILES string of the molecule is CC(=O)C(C)(C)Oc1ccc(CCCC2=CCCN(Cc3ccc(C)cc3)C(=O)N2)cc1. The maximum atomic E-state index is 12.7. The average Bonchev–Trinajstić information content (AvgIpc) is 2.92. The molecule has 5 heteroatoms. The summed E-state index contributed by atoms with van der Waals surface area (Å²) in [4.78, 5) is 26.2. The fourth-order valence-corrected chi connectivity index (χ4v) is 3.57. The van der Waals surface area contributed by atoms with Crippen LogP contribution in [0.5, 0.6) is 5.75 Å². The Labute approximate surface area is 191 Å². The van der Waals surface area contributed by atoms with Crippen LogP contribution in [0.1, 0.15) is 56.7 Å². The smallest absolute Gasteiger partial charge is 0.321 e. The number of benzene rings is 2. The van der Waals surface area contributed by atoms with Gasteiger partial charge in [0.05, 0.1) is 0 Å². The van der Waals surface area contributed by atoms with Crippen LogP contribution in [-0.2, 0) is 17.8 Å². The van der Waals surface area contributed by atoms with E-state index >= 15 is 0 Å². The van der Waals surface area contributed by atoms with E-state index in [0.29, 0.717) is 12.3 Å². The van der Waals surface area contributed by atoms with Gasteiger partial charge in [0.1, 0.15) is 5.75 Å². The first-order chi connectivity index (χ1) is 15.2. The molecule has 0 atom stereocenters. The molecular weight excluding hydrogens is 400 g/mol. The molecule has 32 heavy (non-hydrogen) atoms. The van der Waals surface area contributed by atoms with Crippen molar-refractivity contribution in [2.75, 3.05) is 6.54 Å². The second-order valence-electron chi connectivity index (χ2n) is 9.02. The third-order valence-electron chi connectivity index (χ3n) is 5.89. The molecule has 0 fully saturated rings. The van der Waals surface area contributed by atoms with Crippen molar-refractivity contribution in [2.45, 2.75) is 65.5 Å². The Morgan fingerprint density at radius 1 is 1.03 bits per heavy atom. The van der Waals surface area contributed by atoms with Crippen molar-refractivity contribution in [3.8, 4) is 5.75 Å². The molecular formula is C27H34N2O3. The van der Waals surface area contributed by atoms with E-state index in [1.54, 1.807) is 13.8 Å². The molecule has 0 radical (unpaired) electrons. The summed E-state index contributed by atoms with van der Waals surface area (Å²) < 4.78 is 5.79. The Kier molecular flexibility index (Phi) is 7.73. The number of hydrogen-bond donors (Lipinski definition) is 1. The van der Waals surface area contributed by atoms with E-state index in [1.165, 1.54) is 18.1 Å². The molecule has 0 saturated carbocycles. The number of ether oxygens (including phenoxy) is 1. The molecule has 0 bridgehead atoms. The van der Waals surface area contributed by atoms with Crippen LogP contribution < -0.4 is 10.1 Å². The number of carbonyl (C=O) groups excluding carboxylic acids is 2. The monoisotopic (exact) mass is 434 g/mol. The molecule has 5 nitrogen and oxygen atoms in total. The normalized spacial score (nSPS) is 14.4. The highest BCUT2D eigenvalue weighted by atomic mass is 16.5. The minimum atomic E-state index is -0.820. The van der Waals surface area contributed by atoms with Gasteiger partial charge in [0.25, 0.3) is 0 Å². The standard InChI is InChI=1S/C27H34N2O3/c1-20-10-12-23(13-11-20)19-29-18-6-9-24(28-26(29)31)8-5-7-22-14-16-25(17-15-22)32-27(3,4)21(2)30/h9-17H,5-8,18-19H2,1-4H3,(H,28,31). The number of nitrogens with zero attached hydrogens (tertiary/aromatic N) is 1. The molecule has 2 aromatic rings. The number of nitrogens with one attached hydrogen (secondary N) is 1. The van der Waals surface area contributed by atoms with Gasteiger partial charge < -0.3 is 15.0 Å². The number of hydrogen-bond acceptors (Lipinski definition) is 3. The Balaban J connectivity index is 1.46. The number of ketones is 1. The van der Waals surface area contributed by atoms with Crippen LogP contribution in [0.3, 0.4) is 0 Å². The average molecular weight is 435 g/mol. The van der Waals surface area contributed by atoms with Crippen molar-refractivity contribution >= 4 is 11.8 Å². The van der Waals surface area contributed by atoms with Gasteiger partial charge in [-0.1, -0.05) is 48.0 Å². The first kappa shape index (κ1) is 23.6. The number of rotatable bonds is 9.